The van der Waals surface area contributed by atoms with Crippen LogP contribution in [0.25, 0.3) is 0 Å². The van der Waals surface area contributed by atoms with Crippen LogP contribution in [0, 0.1) is 12.8 Å². The molecule has 1 amide bonds. The third-order valence-corrected chi connectivity index (χ3v) is 5.53. The van der Waals surface area contributed by atoms with Gasteiger partial charge in [0.05, 0.1) is 11.6 Å². The Kier molecular flexibility index (Phi) is 6.31. The monoisotopic (exact) mass is 441 g/mol. The highest BCUT2D eigenvalue weighted by atomic mass is 16.5. The third kappa shape index (κ3) is 4.67. The fraction of sp³-hybridized carbons (Fsp3) is 0.214. The summed E-state index contributed by atoms with van der Waals surface area (Å²) < 4.78 is 5.99. The van der Waals surface area contributed by atoms with Gasteiger partial charge in [-0.1, -0.05) is 56.3 Å². The quantitative estimate of drug-likeness (QED) is 0.467. The topological polar surface area (TPSA) is 66.8 Å². The van der Waals surface area contributed by atoms with Crippen molar-refractivity contribution in [2.75, 3.05) is 4.90 Å². The van der Waals surface area contributed by atoms with Crippen molar-refractivity contribution in [1.29, 1.82) is 0 Å². The zero-order valence-corrected chi connectivity index (χ0v) is 19.0. The number of para-hydroxylation sites is 1. The van der Waals surface area contributed by atoms with Crippen LogP contribution in [-0.2, 0) is 9.59 Å². The zero-order chi connectivity index (χ0) is 23.5. The summed E-state index contributed by atoms with van der Waals surface area (Å²) in [7, 11) is 0. The molecule has 0 fully saturated rings. The fourth-order valence-electron chi connectivity index (χ4n) is 4.10. The zero-order valence-electron chi connectivity index (χ0n) is 19.0. The molecule has 3 aromatic rings. The molecule has 5 heteroatoms. The van der Waals surface area contributed by atoms with Crippen molar-refractivity contribution in [3.05, 3.63) is 101 Å². The van der Waals surface area contributed by atoms with E-state index in [1.807, 2.05) is 99.6 Å². The number of ether oxygens (including phenoxy) is 1. The first-order valence-electron chi connectivity index (χ1n) is 11.0. The van der Waals surface area contributed by atoms with Crippen LogP contribution in [-0.4, -0.2) is 16.8 Å². The van der Waals surface area contributed by atoms with Crippen LogP contribution in [0.15, 0.2) is 90.2 Å². The number of benzene rings is 3. The average Bonchev–Trinajstić information content (AvgIpc) is 3.05. The number of aliphatic hydroxyl groups is 1. The lowest BCUT2D eigenvalue weighted by Crippen LogP contribution is -2.31. The van der Waals surface area contributed by atoms with Crippen LogP contribution in [0.4, 0.5) is 5.69 Å². The number of rotatable bonds is 7. The third-order valence-electron chi connectivity index (χ3n) is 5.53. The maximum atomic E-state index is 13.2. The number of hydrogen-bond donors (Lipinski definition) is 1. The Hall–Kier alpha value is -3.86. The van der Waals surface area contributed by atoms with Crippen molar-refractivity contribution in [3.8, 4) is 11.5 Å². The molecule has 0 saturated heterocycles. The SMILES string of the molecule is Cc1cccc(N2C(=O)C(O)=C(C(=O)CC(C)C)C2c2cccc(Oc3ccccc3)c2)c1. The second kappa shape index (κ2) is 9.33. The summed E-state index contributed by atoms with van der Waals surface area (Å²) in [6, 6.07) is 23.4. The predicted molar refractivity (Wildman–Crippen MR) is 128 cm³/mol. The summed E-state index contributed by atoms with van der Waals surface area (Å²) in [6.07, 6.45) is 0.241. The molecule has 0 spiro atoms. The maximum absolute atomic E-state index is 13.2. The van der Waals surface area contributed by atoms with Crippen LogP contribution in [0.5, 0.6) is 11.5 Å². The highest BCUT2D eigenvalue weighted by molar-refractivity contribution is 6.16. The van der Waals surface area contributed by atoms with E-state index in [1.165, 1.54) is 4.90 Å². The number of hydrogen-bond acceptors (Lipinski definition) is 4. The van der Waals surface area contributed by atoms with Crippen LogP contribution in [0.1, 0.15) is 37.4 Å². The van der Waals surface area contributed by atoms with Crippen LogP contribution < -0.4 is 9.64 Å². The summed E-state index contributed by atoms with van der Waals surface area (Å²) in [5.41, 5.74) is 2.42. The normalized spacial score (nSPS) is 15.9. The van der Waals surface area contributed by atoms with Gasteiger partial charge in [-0.25, -0.2) is 0 Å². The minimum absolute atomic E-state index is 0.0920. The molecule has 33 heavy (non-hydrogen) atoms. The van der Waals surface area contributed by atoms with Gasteiger partial charge in [0.2, 0.25) is 0 Å². The van der Waals surface area contributed by atoms with Gasteiger partial charge in [-0.2, -0.15) is 0 Å². The van der Waals surface area contributed by atoms with Crippen molar-refractivity contribution < 1.29 is 19.4 Å². The van der Waals surface area contributed by atoms with Gasteiger partial charge in [0.15, 0.2) is 11.5 Å². The van der Waals surface area contributed by atoms with E-state index in [2.05, 4.69) is 0 Å². The Bertz CT molecular complexity index is 1210. The number of amides is 1. The fourth-order valence-corrected chi connectivity index (χ4v) is 4.10. The molecule has 0 radical (unpaired) electrons. The number of aryl methyl sites for hydroxylation is 1. The molecule has 5 nitrogen and oxygen atoms in total. The van der Waals surface area contributed by atoms with Gasteiger partial charge in [0.1, 0.15) is 11.5 Å². The highest BCUT2D eigenvalue weighted by Gasteiger charge is 2.44. The highest BCUT2D eigenvalue weighted by Crippen LogP contribution is 2.42. The van der Waals surface area contributed by atoms with Crippen molar-refractivity contribution >= 4 is 17.4 Å². The van der Waals surface area contributed by atoms with E-state index in [-0.39, 0.29) is 23.7 Å². The molecule has 0 saturated carbocycles. The Morgan fingerprint density at radius 2 is 1.67 bits per heavy atom. The molecule has 1 N–H and O–H groups in total. The number of aliphatic hydroxyl groups excluding tert-OH is 1. The van der Waals surface area contributed by atoms with Crippen LogP contribution in [0.3, 0.4) is 0 Å². The molecule has 1 heterocycles. The number of ketones is 1. The van der Waals surface area contributed by atoms with E-state index >= 15 is 0 Å². The standard InChI is InChI=1S/C28H27NO4/c1-18(2)15-24(30)25-26(29(28(32)27(25)31)21-11-7-9-19(3)16-21)20-10-8-14-23(17-20)33-22-12-5-4-6-13-22/h4-14,16-18,26,31H,15H2,1-3H3. The summed E-state index contributed by atoms with van der Waals surface area (Å²) in [5, 5.41) is 10.8. The molecule has 0 aromatic heterocycles. The summed E-state index contributed by atoms with van der Waals surface area (Å²) in [5.74, 6) is 0.0629. The van der Waals surface area contributed by atoms with E-state index < -0.39 is 17.7 Å². The van der Waals surface area contributed by atoms with E-state index in [9.17, 15) is 14.7 Å². The first kappa shape index (κ1) is 22.3. The second-order valence-electron chi connectivity index (χ2n) is 8.69. The van der Waals surface area contributed by atoms with Gasteiger partial charge >= 0.3 is 0 Å². The molecule has 1 aliphatic heterocycles. The van der Waals surface area contributed by atoms with E-state index in [1.54, 1.807) is 0 Å². The maximum Gasteiger partial charge on any atom is 0.294 e. The van der Waals surface area contributed by atoms with Crippen LogP contribution >= 0.6 is 0 Å². The van der Waals surface area contributed by atoms with Gasteiger partial charge in [0.25, 0.3) is 5.91 Å². The molecule has 1 atom stereocenters. The van der Waals surface area contributed by atoms with Crippen LogP contribution in [0.2, 0.25) is 0 Å². The Morgan fingerprint density at radius 1 is 0.970 bits per heavy atom. The smallest absolute Gasteiger partial charge is 0.294 e. The first-order valence-corrected chi connectivity index (χ1v) is 11.0. The van der Waals surface area contributed by atoms with Gasteiger partial charge in [-0.05, 0) is 60.4 Å². The van der Waals surface area contributed by atoms with Gasteiger partial charge in [-0.3, -0.25) is 14.5 Å². The molecule has 1 aliphatic rings. The van der Waals surface area contributed by atoms with Crippen molar-refractivity contribution in [3.63, 3.8) is 0 Å². The first-order chi connectivity index (χ1) is 15.8. The lowest BCUT2D eigenvalue weighted by molar-refractivity contribution is -0.118. The second-order valence-corrected chi connectivity index (χ2v) is 8.69. The van der Waals surface area contributed by atoms with Gasteiger partial charge in [-0.15, -0.1) is 0 Å². The van der Waals surface area contributed by atoms with Crippen molar-refractivity contribution in [1.82, 2.24) is 0 Å². The summed E-state index contributed by atoms with van der Waals surface area (Å²) in [4.78, 5) is 27.9. The minimum atomic E-state index is -0.745. The average molecular weight is 442 g/mol. The number of nitrogens with zero attached hydrogens (tertiary/aromatic N) is 1. The molecule has 168 valence electrons. The molecular formula is C28H27NO4. The van der Waals surface area contributed by atoms with E-state index in [0.29, 0.717) is 22.7 Å². The lowest BCUT2D eigenvalue weighted by Gasteiger charge is -2.27. The van der Waals surface area contributed by atoms with Crippen molar-refractivity contribution in [2.45, 2.75) is 33.2 Å². The van der Waals surface area contributed by atoms with E-state index in [0.717, 1.165) is 5.56 Å². The summed E-state index contributed by atoms with van der Waals surface area (Å²) >= 11 is 0. The lowest BCUT2D eigenvalue weighted by atomic mass is 9.92. The molecule has 3 aromatic carbocycles. The number of anilines is 1. The molecule has 0 aliphatic carbocycles. The largest absolute Gasteiger partial charge is 0.503 e. The molecule has 1 unspecified atom stereocenters. The minimum Gasteiger partial charge on any atom is -0.503 e. The van der Waals surface area contributed by atoms with Gasteiger partial charge in [0, 0.05) is 12.1 Å². The van der Waals surface area contributed by atoms with E-state index in [4.69, 9.17) is 4.74 Å². The molecular weight excluding hydrogens is 414 g/mol. The van der Waals surface area contributed by atoms with Crippen molar-refractivity contribution in [2.24, 2.45) is 5.92 Å². The predicted octanol–water partition coefficient (Wildman–Crippen LogP) is 6.30. The number of carbonyl (C=O) groups is 2. The Balaban J connectivity index is 1.80. The van der Waals surface area contributed by atoms with Gasteiger partial charge < -0.3 is 9.84 Å². The number of Topliss-reactive ketones (excluding diaryl/α,β-unsaturated/α-hetero) is 1. The number of carbonyl (C=O) groups excluding carboxylic acids is 2. The molecule has 0 bridgehead atoms. The molecule has 4 rings (SSSR count). The Morgan fingerprint density at radius 3 is 2.36 bits per heavy atom. The summed E-state index contributed by atoms with van der Waals surface area (Å²) in [6.45, 7) is 5.81. The Labute approximate surface area is 193 Å².